The summed E-state index contributed by atoms with van der Waals surface area (Å²) in [6, 6.07) is 11.8. The van der Waals surface area contributed by atoms with Gasteiger partial charge in [-0.3, -0.25) is 4.79 Å². The first-order valence-electron chi connectivity index (χ1n) is 8.43. The quantitative estimate of drug-likeness (QED) is 0.718. The van der Waals surface area contributed by atoms with E-state index in [0.717, 1.165) is 23.5 Å². The van der Waals surface area contributed by atoms with Crippen LogP contribution in [0.4, 0.5) is 0 Å². The lowest BCUT2D eigenvalue weighted by Crippen LogP contribution is -2.30. The van der Waals surface area contributed by atoms with E-state index in [1.807, 2.05) is 41.3 Å². The minimum atomic E-state index is 0.0905. The van der Waals surface area contributed by atoms with Crippen molar-refractivity contribution in [1.82, 2.24) is 4.90 Å². The van der Waals surface area contributed by atoms with Gasteiger partial charge in [-0.15, -0.1) is 0 Å². The van der Waals surface area contributed by atoms with Crippen molar-refractivity contribution >= 4 is 5.91 Å². The Labute approximate surface area is 144 Å². The lowest BCUT2D eigenvalue weighted by atomic mass is 9.90. The fraction of sp³-hybridized carbons (Fsp3) is 0.450. The molecule has 0 fully saturated rings. The van der Waals surface area contributed by atoms with Gasteiger partial charge in [-0.05, 0) is 42.2 Å². The number of ether oxygens (including phenoxy) is 1. The Balaban J connectivity index is 2.00. The number of rotatable bonds is 8. The molecule has 2 aromatic rings. The fourth-order valence-electron chi connectivity index (χ4n) is 2.90. The molecule has 0 bridgehead atoms. The van der Waals surface area contributed by atoms with Gasteiger partial charge in [0.05, 0.1) is 13.4 Å². The van der Waals surface area contributed by atoms with Crippen LogP contribution >= 0.6 is 0 Å². The highest BCUT2D eigenvalue weighted by molar-refractivity contribution is 5.73. The predicted octanol–water partition coefficient (Wildman–Crippen LogP) is 4.47. The molecule has 4 nitrogen and oxygen atoms in total. The summed E-state index contributed by atoms with van der Waals surface area (Å²) in [6.07, 6.45) is 2.60. The highest BCUT2D eigenvalue weighted by atomic mass is 16.5. The molecule has 0 aliphatic carbocycles. The summed E-state index contributed by atoms with van der Waals surface area (Å²) < 4.78 is 10.8. The molecule has 1 aromatic carbocycles. The maximum atomic E-state index is 12.0. The molecular weight excluding hydrogens is 302 g/mol. The molecule has 4 heteroatoms. The minimum Gasteiger partial charge on any atom is -0.497 e. The average Bonchev–Trinajstić information content (AvgIpc) is 3.08. The SMILES string of the molecule is COc1ccc(CN(CC[C@H](c2ccco2)C(C)C)C(C)=O)cc1. The highest BCUT2D eigenvalue weighted by Gasteiger charge is 2.20. The van der Waals surface area contributed by atoms with E-state index in [2.05, 4.69) is 13.8 Å². The lowest BCUT2D eigenvalue weighted by Gasteiger charge is -2.25. The Morgan fingerprint density at radius 2 is 1.92 bits per heavy atom. The molecule has 0 radical (unpaired) electrons. The minimum absolute atomic E-state index is 0.0905. The number of carbonyl (C=O) groups excluding carboxylic acids is 1. The van der Waals surface area contributed by atoms with Gasteiger partial charge in [-0.1, -0.05) is 26.0 Å². The summed E-state index contributed by atoms with van der Waals surface area (Å²) in [6.45, 7) is 7.33. The molecule has 0 aliphatic heterocycles. The van der Waals surface area contributed by atoms with Gasteiger partial charge in [-0.25, -0.2) is 0 Å². The second-order valence-corrected chi connectivity index (χ2v) is 6.44. The molecule has 0 aliphatic rings. The number of benzene rings is 1. The summed E-state index contributed by atoms with van der Waals surface area (Å²) in [7, 11) is 1.65. The lowest BCUT2D eigenvalue weighted by molar-refractivity contribution is -0.129. The van der Waals surface area contributed by atoms with E-state index in [1.54, 1.807) is 20.3 Å². The first-order valence-corrected chi connectivity index (χ1v) is 8.43. The number of carbonyl (C=O) groups is 1. The van der Waals surface area contributed by atoms with Crippen molar-refractivity contribution in [2.75, 3.05) is 13.7 Å². The first-order chi connectivity index (χ1) is 11.5. The van der Waals surface area contributed by atoms with Crippen molar-refractivity contribution in [2.45, 2.75) is 39.7 Å². The van der Waals surface area contributed by atoms with Crippen LogP contribution in [0, 0.1) is 5.92 Å². The Bertz CT molecular complexity index is 617. The van der Waals surface area contributed by atoms with E-state index < -0.39 is 0 Å². The largest absolute Gasteiger partial charge is 0.497 e. The normalized spacial score (nSPS) is 12.2. The van der Waals surface area contributed by atoms with Crippen molar-refractivity contribution in [3.05, 3.63) is 54.0 Å². The van der Waals surface area contributed by atoms with Crippen molar-refractivity contribution in [2.24, 2.45) is 5.92 Å². The standard InChI is InChI=1S/C20H27NO3/c1-15(2)19(20-6-5-13-24-20)11-12-21(16(3)22)14-17-7-9-18(23-4)10-8-17/h5-10,13,15,19H,11-12,14H2,1-4H3/t19-/m0/s1. The van der Waals surface area contributed by atoms with Crippen LogP contribution in [-0.2, 0) is 11.3 Å². The number of nitrogens with zero attached hydrogens (tertiary/aromatic N) is 1. The van der Waals surface area contributed by atoms with Crippen LogP contribution in [0.15, 0.2) is 47.1 Å². The topological polar surface area (TPSA) is 42.7 Å². The Hall–Kier alpha value is -2.23. The monoisotopic (exact) mass is 329 g/mol. The molecule has 1 amide bonds. The van der Waals surface area contributed by atoms with Crippen LogP contribution in [0.1, 0.15) is 44.4 Å². The second-order valence-electron chi connectivity index (χ2n) is 6.44. The third-order valence-electron chi connectivity index (χ3n) is 4.40. The molecule has 0 unspecified atom stereocenters. The molecule has 1 aromatic heterocycles. The zero-order valence-electron chi connectivity index (χ0n) is 15.0. The van der Waals surface area contributed by atoms with Crippen molar-refractivity contribution in [3.8, 4) is 5.75 Å². The van der Waals surface area contributed by atoms with E-state index in [0.29, 0.717) is 24.9 Å². The van der Waals surface area contributed by atoms with Crippen LogP contribution in [0.2, 0.25) is 0 Å². The number of hydrogen-bond acceptors (Lipinski definition) is 3. The van der Waals surface area contributed by atoms with Crippen LogP contribution in [0.5, 0.6) is 5.75 Å². The molecule has 130 valence electrons. The summed E-state index contributed by atoms with van der Waals surface area (Å²) in [4.78, 5) is 13.9. The first kappa shape index (κ1) is 18.1. The van der Waals surface area contributed by atoms with Gasteiger partial charge >= 0.3 is 0 Å². The van der Waals surface area contributed by atoms with Crippen LogP contribution in [0.3, 0.4) is 0 Å². The number of amides is 1. The maximum absolute atomic E-state index is 12.0. The zero-order chi connectivity index (χ0) is 17.5. The van der Waals surface area contributed by atoms with Gasteiger partial charge in [-0.2, -0.15) is 0 Å². The van der Waals surface area contributed by atoms with Crippen LogP contribution in [-0.4, -0.2) is 24.5 Å². The molecular formula is C20H27NO3. The highest BCUT2D eigenvalue weighted by Crippen LogP contribution is 2.28. The molecule has 1 heterocycles. The summed E-state index contributed by atoms with van der Waals surface area (Å²) >= 11 is 0. The molecule has 24 heavy (non-hydrogen) atoms. The molecule has 0 N–H and O–H groups in total. The smallest absolute Gasteiger partial charge is 0.219 e. The maximum Gasteiger partial charge on any atom is 0.219 e. The van der Waals surface area contributed by atoms with Gasteiger partial charge in [0, 0.05) is 25.9 Å². The Morgan fingerprint density at radius 3 is 2.42 bits per heavy atom. The summed E-state index contributed by atoms with van der Waals surface area (Å²) in [5.41, 5.74) is 1.10. The van der Waals surface area contributed by atoms with Gasteiger partial charge in [0.1, 0.15) is 11.5 Å². The fourth-order valence-corrected chi connectivity index (χ4v) is 2.90. The molecule has 0 saturated carbocycles. The Morgan fingerprint density at radius 1 is 1.21 bits per heavy atom. The van der Waals surface area contributed by atoms with E-state index in [1.165, 1.54) is 0 Å². The van der Waals surface area contributed by atoms with Crippen molar-refractivity contribution < 1.29 is 13.9 Å². The number of methoxy groups -OCH3 is 1. The predicted molar refractivity (Wildman–Crippen MR) is 95.0 cm³/mol. The van der Waals surface area contributed by atoms with E-state index >= 15 is 0 Å². The molecule has 0 spiro atoms. The number of furan rings is 1. The van der Waals surface area contributed by atoms with Gasteiger partial charge in [0.15, 0.2) is 0 Å². The molecule has 2 rings (SSSR count). The zero-order valence-corrected chi connectivity index (χ0v) is 15.0. The van der Waals surface area contributed by atoms with Crippen LogP contribution in [0.25, 0.3) is 0 Å². The number of hydrogen-bond donors (Lipinski definition) is 0. The third-order valence-corrected chi connectivity index (χ3v) is 4.40. The van der Waals surface area contributed by atoms with Gasteiger partial charge < -0.3 is 14.1 Å². The van der Waals surface area contributed by atoms with E-state index in [9.17, 15) is 4.79 Å². The summed E-state index contributed by atoms with van der Waals surface area (Å²) in [5, 5.41) is 0. The van der Waals surface area contributed by atoms with E-state index in [4.69, 9.17) is 9.15 Å². The Kier molecular flexibility index (Phi) is 6.47. The molecule has 1 atom stereocenters. The van der Waals surface area contributed by atoms with Crippen molar-refractivity contribution in [1.29, 1.82) is 0 Å². The van der Waals surface area contributed by atoms with Crippen molar-refractivity contribution in [3.63, 3.8) is 0 Å². The average molecular weight is 329 g/mol. The third kappa shape index (κ3) is 4.88. The van der Waals surface area contributed by atoms with Crippen LogP contribution < -0.4 is 4.74 Å². The summed E-state index contributed by atoms with van der Waals surface area (Å²) in [5.74, 6) is 2.69. The molecule has 0 saturated heterocycles. The van der Waals surface area contributed by atoms with Gasteiger partial charge in [0.25, 0.3) is 0 Å². The van der Waals surface area contributed by atoms with E-state index in [-0.39, 0.29) is 5.91 Å². The second kappa shape index (κ2) is 8.57. The van der Waals surface area contributed by atoms with Gasteiger partial charge in [0.2, 0.25) is 5.91 Å².